The lowest BCUT2D eigenvalue weighted by molar-refractivity contribution is 0.0725. The van der Waals surface area contributed by atoms with Gasteiger partial charge in [0, 0.05) is 6.42 Å². The first kappa shape index (κ1) is 8.38. The Morgan fingerprint density at radius 1 is 1.46 bits per heavy atom. The molecule has 0 amide bonds. The van der Waals surface area contributed by atoms with E-state index < -0.39 is 6.10 Å². The predicted octanol–water partition coefficient (Wildman–Crippen LogP) is 1.60. The van der Waals surface area contributed by atoms with Gasteiger partial charge >= 0.3 is 0 Å². The number of phenolic OH excluding ortho intramolecular Hbond substituents is 1. The fraction of sp³-hybridized carbons (Fsp3) is 0.400. The maximum absolute atomic E-state index is 9.67. The van der Waals surface area contributed by atoms with Crippen molar-refractivity contribution in [1.82, 2.24) is 0 Å². The fourth-order valence-electron chi connectivity index (χ4n) is 1.67. The van der Waals surface area contributed by atoms with E-state index >= 15 is 0 Å². The summed E-state index contributed by atoms with van der Waals surface area (Å²) in [7, 11) is 0. The van der Waals surface area contributed by atoms with Crippen molar-refractivity contribution in [3.8, 4) is 11.5 Å². The topological polar surface area (TPSA) is 49.7 Å². The average molecular weight is 180 g/mol. The predicted molar refractivity (Wildman–Crippen MR) is 47.8 cm³/mol. The van der Waals surface area contributed by atoms with Crippen LogP contribution in [0.2, 0.25) is 0 Å². The van der Waals surface area contributed by atoms with Gasteiger partial charge in [-0.1, -0.05) is 6.07 Å². The molecular weight excluding hydrogens is 168 g/mol. The molecule has 0 bridgehead atoms. The number of rotatable bonds is 0. The molecule has 1 heterocycles. The normalized spacial score (nSPS) is 26.3. The molecule has 2 N–H and O–H groups in total. The van der Waals surface area contributed by atoms with E-state index in [9.17, 15) is 10.2 Å². The molecule has 70 valence electrons. The van der Waals surface area contributed by atoms with E-state index in [1.807, 2.05) is 6.92 Å². The highest BCUT2D eigenvalue weighted by Crippen LogP contribution is 2.39. The van der Waals surface area contributed by atoms with Crippen molar-refractivity contribution in [2.45, 2.75) is 25.6 Å². The zero-order valence-electron chi connectivity index (χ0n) is 7.40. The van der Waals surface area contributed by atoms with Crippen LogP contribution < -0.4 is 4.74 Å². The summed E-state index contributed by atoms with van der Waals surface area (Å²) in [5.74, 6) is 0.697. The minimum atomic E-state index is -0.611. The standard InChI is InChI=1S/C10H12O3/c1-6-5-8(12)10-7(11)3-2-4-9(10)13-6/h2-4,6,8,11-12H,5H2,1H3/t6-,8-/m1/s1. The molecule has 13 heavy (non-hydrogen) atoms. The highest BCUT2D eigenvalue weighted by molar-refractivity contribution is 5.46. The van der Waals surface area contributed by atoms with Crippen LogP contribution >= 0.6 is 0 Å². The third-order valence-electron chi connectivity index (χ3n) is 2.26. The van der Waals surface area contributed by atoms with E-state index in [0.717, 1.165) is 0 Å². The van der Waals surface area contributed by atoms with Gasteiger partial charge in [-0.3, -0.25) is 0 Å². The zero-order chi connectivity index (χ0) is 9.42. The average Bonchev–Trinajstić information content (AvgIpc) is 2.02. The molecule has 3 heteroatoms. The minimum Gasteiger partial charge on any atom is -0.507 e. The summed E-state index contributed by atoms with van der Waals surface area (Å²) in [6.07, 6.45) is -0.0749. The quantitative estimate of drug-likeness (QED) is 0.637. The Balaban J connectivity index is 2.49. The number of fused-ring (bicyclic) bond motifs is 1. The number of hydrogen-bond acceptors (Lipinski definition) is 3. The van der Waals surface area contributed by atoms with Crippen molar-refractivity contribution in [3.63, 3.8) is 0 Å². The molecule has 1 aromatic rings. The second-order valence-electron chi connectivity index (χ2n) is 3.37. The van der Waals surface area contributed by atoms with Gasteiger partial charge in [0.1, 0.15) is 11.5 Å². The van der Waals surface area contributed by atoms with Crippen LogP contribution in [0.5, 0.6) is 11.5 Å². The minimum absolute atomic E-state index is 0.00398. The number of phenols is 1. The van der Waals surface area contributed by atoms with Crippen LogP contribution in [0.1, 0.15) is 25.0 Å². The summed E-state index contributed by atoms with van der Waals surface area (Å²) in [4.78, 5) is 0. The lowest BCUT2D eigenvalue weighted by Gasteiger charge is -2.27. The maximum atomic E-state index is 9.67. The molecule has 2 atom stereocenters. The molecule has 0 aromatic heterocycles. The van der Waals surface area contributed by atoms with Gasteiger partial charge in [0.25, 0.3) is 0 Å². The van der Waals surface area contributed by atoms with Crippen molar-refractivity contribution >= 4 is 0 Å². The molecule has 2 rings (SSSR count). The fourth-order valence-corrected chi connectivity index (χ4v) is 1.67. The van der Waals surface area contributed by atoms with Gasteiger partial charge < -0.3 is 14.9 Å². The Bertz CT molecular complexity index is 322. The summed E-state index contributed by atoms with van der Waals surface area (Å²) in [6.45, 7) is 1.90. The first-order valence-corrected chi connectivity index (χ1v) is 4.35. The third-order valence-corrected chi connectivity index (χ3v) is 2.26. The van der Waals surface area contributed by atoms with Gasteiger partial charge in [0.05, 0.1) is 17.8 Å². The maximum Gasteiger partial charge on any atom is 0.129 e. The molecule has 0 radical (unpaired) electrons. The molecule has 0 saturated carbocycles. The highest BCUT2D eigenvalue weighted by atomic mass is 16.5. The molecule has 0 aliphatic carbocycles. The largest absolute Gasteiger partial charge is 0.507 e. The summed E-state index contributed by atoms with van der Waals surface area (Å²) in [6, 6.07) is 5.02. The van der Waals surface area contributed by atoms with Crippen molar-refractivity contribution in [1.29, 1.82) is 0 Å². The van der Waals surface area contributed by atoms with E-state index in [0.29, 0.717) is 17.7 Å². The Morgan fingerprint density at radius 2 is 2.23 bits per heavy atom. The van der Waals surface area contributed by atoms with E-state index in [1.54, 1.807) is 18.2 Å². The Hall–Kier alpha value is -1.22. The third kappa shape index (κ3) is 1.35. The van der Waals surface area contributed by atoms with Gasteiger partial charge in [-0.05, 0) is 19.1 Å². The number of aliphatic hydroxyl groups is 1. The van der Waals surface area contributed by atoms with Crippen LogP contribution in [0.4, 0.5) is 0 Å². The SMILES string of the molecule is C[C@@H]1C[C@@H](O)c2c(O)cccc2O1. The molecular formula is C10H12O3. The Labute approximate surface area is 76.6 Å². The molecule has 0 saturated heterocycles. The van der Waals surface area contributed by atoms with Crippen LogP contribution in [-0.4, -0.2) is 16.3 Å². The summed E-state index contributed by atoms with van der Waals surface area (Å²) < 4.78 is 5.46. The lowest BCUT2D eigenvalue weighted by Crippen LogP contribution is -2.22. The van der Waals surface area contributed by atoms with Crippen LogP contribution in [0.25, 0.3) is 0 Å². The van der Waals surface area contributed by atoms with Crippen molar-refractivity contribution in [2.75, 3.05) is 0 Å². The second kappa shape index (κ2) is 2.92. The van der Waals surface area contributed by atoms with Gasteiger partial charge in [0.15, 0.2) is 0 Å². The smallest absolute Gasteiger partial charge is 0.129 e. The van der Waals surface area contributed by atoms with Crippen LogP contribution in [0.15, 0.2) is 18.2 Å². The van der Waals surface area contributed by atoms with E-state index in [4.69, 9.17) is 4.74 Å². The van der Waals surface area contributed by atoms with Gasteiger partial charge in [-0.25, -0.2) is 0 Å². The Morgan fingerprint density at radius 3 is 3.00 bits per heavy atom. The molecule has 0 unspecified atom stereocenters. The Kier molecular flexibility index (Phi) is 1.88. The second-order valence-corrected chi connectivity index (χ2v) is 3.37. The van der Waals surface area contributed by atoms with E-state index in [-0.39, 0.29) is 11.9 Å². The van der Waals surface area contributed by atoms with Gasteiger partial charge in [-0.2, -0.15) is 0 Å². The molecule has 0 spiro atoms. The monoisotopic (exact) mass is 180 g/mol. The molecule has 1 aliphatic heterocycles. The number of benzene rings is 1. The van der Waals surface area contributed by atoms with E-state index in [2.05, 4.69) is 0 Å². The van der Waals surface area contributed by atoms with Crippen LogP contribution in [0.3, 0.4) is 0 Å². The number of aliphatic hydroxyl groups excluding tert-OH is 1. The first-order chi connectivity index (χ1) is 6.18. The zero-order valence-corrected chi connectivity index (χ0v) is 7.40. The number of aromatic hydroxyl groups is 1. The lowest BCUT2D eigenvalue weighted by atomic mass is 9.99. The molecule has 1 aromatic carbocycles. The number of ether oxygens (including phenoxy) is 1. The van der Waals surface area contributed by atoms with Crippen molar-refractivity contribution < 1.29 is 14.9 Å². The first-order valence-electron chi connectivity index (χ1n) is 4.35. The summed E-state index contributed by atoms with van der Waals surface area (Å²) >= 11 is 0. The van der Waals surface area contributed by atoms with Gasteiger partial charge in [0.2, 0.25) is 0 Å². The van der Waals surface area contributed by atoms with E-state index in [1.165, 1.54) is 0 Å². The van der Waals surface area contributed by atoms with Gasteiger partial charge in [-0.15, -0.1) is 0 Å². The van der Waals surface area contributed by atoms with Crippen LogP contribution in [-0.2, 0) is 0 Å². The summed E-state index contributed by atoms with van der Waals surface area (Å²) in [5, 5.41) is 19.1. The van der Waals surface area contributed by atoms with Crippen molar-refractivity contribution in [3.05, 3.63) is 23.8 Å². The summed E-state index contributed by atoms with van der Waals surface area (Å²) in [5.41, 5.74) is 0.514. The number of hydrogen-bond donors (Lipinski definition) is 2. The van der Waals surface area contributed by atoms with Crippen molar-refractivity contribution in [2.24, 2.45) is 0 Å². The highest BCUT2D eigenvalue weighted by Gasteiger charge is 2.26. The van der Waals surface area contributed by atoms with Crippen LogP contribution in [0, 0.1) is 0 Å². The molecule has 1 aliphatic rings. The molecule has 0 fully saturated rings. The molecule has 3 nitrogen and oxygen atoms in total.